The molecule has 0 unspecified atom stereocenters. The first kappa shape index (κ1) is 9.32. The van der Waals surface area contributed by atoms with Crippen LogP contribution in [0.25, 0.3) is 0 Å². The van der Waals surface area contributed by atoms with E-state index in [1.807, 2.05) is 24.0 Å². The topological polar surface area (TPSA) is 30.2 Å². The Kier molecular flexibility index (Phi) is 3.87. The summed E-state index contributed by atoms with van der Waals surface area (Å²) in [5.41, 5.74) is 0. The number of aryl methyl sites for hydroxylation is 1. The molecule has 0 bridgehead atoms. The molecule has 0 fully saturated rings. The van der Waals surface area contributed by atoms with Crippen molar-refractivity contribution in [3.05, 3.63) is 18.2 Å². The molecule has 0 radical (unpaired) electrons. The fourth-order valence-corrected chi connectivity index (χ4v) is 1.08. The van der Waals surface area contributed by atoms with E-state index in [4.69, 9.17) is 0 Å². The molecule has 0 aliphatic carbocycles. The molecule has 1 heterocycles. The molecule has 0 spiro atoms. The highest BCUT2D eigenvalue weighted by Gasteiger charge is 1.91. The van der Waals surface area contributed by atoms with Gasteiger partial charge in [0.2, 0.25) is 0 Å². The van der Waals surface area contributed by atoms with Crippen molar-refractivity contribution in [2.45, 2.75) is 0 Å². The van der Waals surface area contributed by atoms with Crippen molar-refractivity contribution in [2.24, 2.45) is 12.0 Å². The average molecular weight is 183 g/mol. The van der Waals surface area contributed by atoms with Crippen molar-refractivity contribution >= 4 is 18.0 Å². The van der Waals surface area contributed by atoms with Gasteiger partial charge in [0.1, 0.15) is 5.82 Å². The van der Waals surface area contributed by atoms with Gasteiger partial charge >= 0.3 is 0 Å². The molecular weight excluding hydrogens is 170 g/mol. The van der Waals surface area contributed by atoms with Gasteiger partial charge in [-0.1, -0.05) is 0 Å². The number of nitrogens with zero attached hydrogens (tertiary/aromatic N) is 3. The molecule has 0 amide bonds. The second-order valence-corrected chi connectivity index (χ2v) is 3.41. The van der Waals surface area contributed by atoms with Gasteiger partial charge in [-0.2, -0.15) is 11.8 Å². The maximum absolute atomic E-state index is 4.24. The van der Waals surface area contributed by atoms with Crippen LogP contribution in [0.15, 0.2) is 17.4 Å². The zero-order valence-corrected chi connectivity index (χ0v) is 8.21. The largest absolute Gasteiger partial charge is 0.333 e. The van der Waals surface area contributed by atoms with Crippen LogP contribution < -0.4 is 0 Å². The van der Waals surface area contributed by atoms with Crippen molar-refractivity contribution in [1.29, 1.82) is 0 Å². The quantitative estimate of drug-likeness (QED) is 0.518. The zero-order chi connectivity index (χ0) is 8.81. The second kappa shape index (κ2) is 4.98. The third-order valence-corrected chi connectivity index (χ3v) is 2.08. The lowest BCUT2D eigenvalue weighted by molar-refractivity contribution is 0.900. The summed E-state index contributed by atoms with van der Waals surface area (Å²) in [5.74, 6) is 1.98. The van der Waals surface area contributed by atoms with E-state index in [0.717, 1.165) is 18.1 Å². The minimum absolute atomic E-state index is 0.869. The maximum atomic E-state index is 4.24. The lowest BCUT2D eigenvalue weighted by Crippen LogP contribution is -1.96. The predicted molar refractivity (Wildman–Crippen MR) is 54.1 cm³/mol. The van der Waals surface area contributed by atoms with Crippen LogP contribution in [0.5, 0.6) is 0 Å². The summed E-state index contributed by atoms with van der Waals surface area (Å²) in [6.45, 7) is 0.869. The number of thioether (sulfide) groups is 1. The summed E-state index contributed by atoms with van der Waals surface area (Å²) in [7, 11) is 1.96. The van der Waals surface area contributed by atoms with E-state index in [2.05, 4.69) is 16.2 Å². The molecule has 1 aromatic rings. The van der Waals surface area contributed by atoms with Gasteiger partial charge in [0.05, 0.1) is 6.21 Å². The highest BCUT2D eigenvalue weighted by molar-refractivity contribution is 7.98. The summed E-state index contributed by atoms with van der Waals surface area (Å²) < 4.78 is 1.95. The van der Waals surface area contributed by atoms with Crippen LogP contribution >= 0.6 is 11.8 Å². The van der Waals surface area contributed by atoms with Gasteiger partial charge in [-0.3, -0.25) is 4.99 Å². The molecule has 1 aromatic heterocycles. The SMILES string of the molecule is CSCCN=Cc1nccn1C. The van der Waals surface area contributed by atoms with Crippen LogP contribution in [-0.2, 0) is 7.05 Å². The Morgan fingerprint density at radius 2 is 2.58 bits per heavy atom. The van der Waals surface area contributed by atoms with Gasteiger partial charge in [0.25, 0.3) is 0 Å². The molecular formula is C8H13N3S. The molecule has 1 rings (SSSR count). The van der Waals surface area contributed by atoms with Gasteiger partial charge in [0, 0.05) is 31.7 Å². The average Bonchev–Trinajstić information content (AvgIpc) is 2.46. The molecule has 0 aromatic carbocycles. The minimum Gasteiger partial charge on any atom is -0.333 e. The van der Waals surface area contributed by atoms with Crippen molar-refractivity contribution in [2.75, 3.05) is 18.6 Å². The zero-order valence-electron chi connectivity index (χ0n) is 7.40. The predicted octanol–water partition coefficient (Wildman–Crippen LogP) is 1.20. The van der Waals surface area contributed by atoms with Crippen LogP contribution in [0.4, 0.5) is 0 Å². The Morgan fingerprint density at radius 1 is 1.75 bits per heavy atom. The van der Waals surface area contributed by atoms with Crippen LogP contribution in [0.3, 0.4) is 0 Å². The number of aliphatic imine (C=N–C) groups is 1. The van der Waals surface area contributed by atoms with E-state index in [-0.39, 0.29) is 0 Å². The summed E-state index contributed by atoms with van der Waals surface area (Å²) in [4.78, 5) is 8.36. The van der Waals surface area contributed by atoms with E-state index in [0.29, 0.717) is 0 Å². The molecule has 0 aliphatic heterocycles. The molecule has 0 N–H and O–H groups in total. The van der Waals surface area contributed by atoms with Crippen LogP contribution in [-0.4, -0.2) is 34.3 Å². The lowest BCUT2D eigenvalue weighted by Gasteiger charge is -1.92. The standard InChI is InChI=1S/C8H13N3S/c1-11-5-3-10-8(11)7-9-4-6-12-2/h3,5,7H,4,6H2,1-2H3. The first-order chi connectivity index (χ1) is 5.84. The Labute approximate surface area is 76.9 Å². The summed E-state index contributed by atoms with van der Waals surface area (Å²) in [6.07, 6.45) is 7.58. The van der Waals surface area contributed by atoms with Crippen LogP contribution in [0.2, 0.25) is 0 Å². The molecule has 0 saturated carbocycles. The van der Waals surface area contributed by atoms with Gasteiger partial charge in [-0.25, -0.2) is 4.98 Å². The number of hydrogen-bond donors (Lipinski definition) is 0. The summed E-state index contributed by atoms with van der Waals surface area (Å²) >= 11 is 1.80. The van der Waals surface area contributed by atoms with Gasteiger partial charge < -0.3 is 4.57 Å². The highest BCUT2D eigenvalue weighted by Crippen LogP contribution is 1.92. The fraction of sp³-hybridized carbons (Fsp3) is 0.500. The van der Waals surface area contributed by atoms with Crippen LogP contribution in [0.1, 0.15) is 5.82 Å². The van der Waals surface area contributed by atoms with E-state index < -0.39 is 0 Å². The van der Waals surface area contributed by atoms with E-state index in [9.17, 15) is 0 Å². The third kappa shape index (κ3) is 2.70. The first-order valence-corrected chi connectivity index (χ1v) is 5.20. The summed E-state index contributed by atoms with van der Waals surface area (Å²) in [5, 5.41) is 0. The molecule has 4 heteroatoms. The van der Waals surface area contributed by atoms with E-state index in [1.54, 1.807) is 18.0 Å². The van der Waals surface area contributed by atoms with Crippen molar-refractivity contribution < 1.29 is 0 Å². The second-order valence-electron chi connectivity index (χ2n) is 2.42. The lowest BCUT2D eigenvalue weighted by atomic mass is 10.6. The summed E-state index contributed by atoms with van der Waals surface area (Å²) in [6, 6.07) is 0. The van der Waals surface area contributed by atoms with Gasteiger partial charge in [-0.05, 0) is 6.26 Å². The molecule has 0 saturated heterocycles. The maximum Gasteiger partial charge on any atom is 0.150 e. The van der Waals surface area contributed by atoms with Crippen molar-refractivity contribution in [3.63, 3.8) is 0 Å². The van der Waals surface area contributed by atoms with E-state index >= 15 is 0 Å². The van der Waals surface area contributed by atoms with Crippen LogP contribution in [0, 0.1) is 0 Å². The molecule has 0 atom stereocenters. The molecule has 3 nitrogen and oxygen atoms in total. The monoisotopic (exact) mass is 183 g/mol. The number of rotatable bonds is 4. The highest BCUT2D eigenvalue weighted by atomic mass is 32.2. The number of hydrogen-bond acceptors (Lipinski definition) is 3. The number of imidazole rings is 1. The van der Waals surface area contributed by atoms with Gasteiger partial charge in [0.15, 0.2) is 0 Å². The van der Waals surface area contributed by atoms with E-state index in [1.165, 1.54) is 0 Å². The van der Waals surface area contributed by atoms with Crippen molar-refractivity contribution in [1.82, 2.24) is 9.55 Å². The Bertz CT molecular complexity index is 255. The molecule has 0 aliphatic rings. The minimum atomic E-state index is 0.869. The Morgan fingerprint density at radius 3 is 3.17 bits per heavy atom. The molecule has 12 heavy (non-hydrogen) atoms. The first-order valence-electron chi connectivity index (χ1n) is 3.80. The third-order valence-electron chi connectivity index (χ3n) is 1.49. The Hall–Kier alpha value is -0.770. The smallest absolute Gasteiger partial charge is 0.150 e. The number of aromatic nitrogens is 2. The fourth-order valence-electron chi connectivity index (χ4n) is 0.792. The Balaban J connectivity index is 2.41. The molecule has 66 valence electrons. The van der Waals surface area contributed by atoms with Gasteiger partial charge in [-0.15, -0.1) is 0 Å². The normalized spacial score (nSPS) is 11.2. The van der Waals surface area contributed by atoms with Crippen molar-refractivity contribution in [3.8, 4) is 0 Å².